The molecule has 2 atom stereocenters. The second-order valence-electron chi connectivity index (χ2n) is 17.1. The Kier molecular flexibility index (Phi) is 19.7. The summed E-state index contributed by atoms with van der Waals surface area (Å²) >= 11 is 7.35. The third kappa shape index (κ3) is 14.9. The van der Waals surface area contributed by atoms with Gasteiger partial charge in [0.25, 0.3) is 11.4 Å². The van der Waals surface area contributed by atoms with Crippen molar-refractivity contribution in [3.05, 3.63) is 260 Å². The van der Waals surface area contributed by atoms with E-state index in [1.807, 2.05) is 146 Å². The molecule has 400 valence electrons. The standard InChI is InChI=1S/C30H27ClN2O6.C30H28N2O7/c1-37-26-14-8-23(9-15-26)30(31,22-6-3-2-4-7-22)24-10-16-27(17-11-24)38-21-5-20-32-29(34)39-28-18-12-25(13-19-28)33(35)36;1-37-26-14-8-23(9-15-26)30(34,22-6-3-2-4-7-22)24-10-16-27(17-11-24)38-21-5-20-31-29(33)39-28-18-12-25(13-19-28)32(35)36/h2-4,6-19H,5,20-21H2,1H3,(H,32,34);2-4,6-19,34H,5,20-21H2,1H3,(H,31,33). The number of nitrogens with zero attached hydrogens (tertiary/aromatic N) is 2. The maximum atomic E-state index is 12.0. The van der Waals surface area contributed by atoms with Crippen molar-refractivity contribution >= 4 is 35.2 Å². The number of aliphatic hydroxyl groups is 1. The largest absolute Gasteiger partial charge is 0.497 e. The molecule has 18 heteroatoms. The summed E-state index contributed by atoms with van der Waals surface area (Å²) in [5, 5.41) is 38.6. The molecule has 8 aromatic rings. The highest BCUT2D eigenvalue weighted by molar-refractivity contribution is 6.28. The zero-order chi connectivity index (χ0) is 55.3. The first-order valence-corrected chi connectivity index (χ1v) is 24.9. The molecule has 0 saturated heterocycles. The van der Waals surface area contributed by atoms with E-state index in [0.717, 1.165) is 28.0 Å². The van der Waals surface area contributed by atoms with Crippen molar-refractivity contribution in [3.63, 3.8) is 0 Å². The normalized spacial score (nSPS) is 12.2. The van der Waals surface area contributed by atoms with Crippen molar-refractivity contribution in [3.8, 4) is 34.5 Å². The van der Waals surface area contributed by atoms with E-state index in [9.17, 15) is 34.9 Å². The van der Waals surface area contributed by atoms with Crippen molar-refractivity contribution in [1.29, 1.82) is 0 Å². The number of rotatable bonds is 22. The number of nitro groups is 2. The number of methoxy groups -OCH3 is 2. The molecule has 0 heterocycles. The highest BCUT2D eigenvalue weighted by Gasteiger charge is 2.35. The Labute approximate surface area is 455 Å². The van der Waals surface area contributed by atoms with Crippen LogP contribution in [0.4, 0.5) is 21.0 Å². The van der Waals surface area contributed by atoms with E-state index < -0.39 is 32.5 Å². The molecule has 17 nitrogen and oxygen atoms in total. The van der Waals surface area contributed by atoms with E-state index in [1.165, 1.54) is 48.5 Å². The van der Waals surface area contributed by atoms with Gasteiger partial charge in [0.1, 0.15) is 45.0 Å². The number of hydrogen-bond acceptors (Lipinski definition) is 13. The van der Waals surface area contributed by atoms with Crippen LogP contribution in [0, 0.1) is 20.2 Å². The molecule has 0 fully saturated rings. The fourth-order valence-corrected chi connectivity index (χ4v) is 8.41. The van der Waals surface area contributed by atoms with E-state index in [-0.39, 0.29) is 22.9 Å². The molecule has 78 heavy (non-hydrogen) atoms. The van der Waals surface area contributed by atoms with Crippen molar-refractivity contribution in [1.82, 2.24) is 10.6 Å². The van der Waals surface area contributed by atoms with Crippen molar-refractivity contribution in [2.45, 2.75) is 23.3 Å². The molecule has 0 aliphatic carbocycles. The van der Waals surface area contributed by atoms with Crippen molar-refractivity contribution in [2.24, 2.45) is 0 Å². The fourth-order valence-electron chi connectivity index (χ4n) is 8.04. The second-order valence-corrected chi connectivity index (χ2v) is 17.7. The Balaban J connectivity index is 0.000000226. The number of alkyl halides is 1. The molecule has 2 unspecified atom stereocenters. The van der Waals surface area contributed by atoms with Crippen LogP contribution in [0.5, 0.6) is 34.5 Å². The van der Waals surface area contributed by atoms with Gasteiger partial charge in [-0.05, 0) is 119 Å². The molecule has 0 bridgehead atoms. The zero-order valence-electron chi connectivity index (χ0n) is 42.5. The Morgan fingerprint density at radius 2 is 0.744 bits per heavy atom. The average molecular weight is 1080 g/mol. The van der Waals surface area contributed by atoms with Gasteiger partial charge in [0.15, 0.2) is 0 Å². The number of nitro benzene ring substituents is 2. The van der Waals surface area contributed by atoms with Gasteiger partial charge in [-0.1, -0.05) is 109 Å². The van der Waals surface area contributed by atoms with Gasteiger partial charge in [0.05, 0.1) is 37.3 Å². The quantitative estimate of drug-likeness (QED) is 0.0189. The lowest BCUT2D eigenvalue weighted by Crippen LogP contribution is -2.29. The molecular formula is C60H55ClN4O13. The molecule has 3 N–H and O–H groups in total. The highest BCUT2D eigenvalue weighted by Crippen LogP contribution is 2.44. The van der Waals surface area contributed by atoms with Gasteiger partial charge in [-0.3, -0.25) is 20.2 Å². The van der Waals surface area contributed by atoms with Gasteiger partial charge >= 0.3 is 12.2 Å². The van der Waals surface area contributed by atoms with Crippen LogP contribution < -0.4 is 39.1 Å². The molecule has 0 aromatic heterocycles. The number of carbonyl (C=O) groups excluding carboxylic acids is 2. The van der Waals surface area contributed by atoms with E-state index in [2.05, 4.69) is 10.6 Å². The predicted octanol–water partition coefficient (Wildman–Crippen LogP) is 12.1. The molecule has 8 rings (SSSR count). The van der Waals surface area contributed by atoms with Crippen molar-refractivity contribution in [2.75, 3.05) is 40.5 Å². The summed E-state index contributed by atoms with van der Waals surface area (Å²) < 4.78 is 32.4. The molecular weight excluding hydrogens is 1020 g/mol. The maximum absolute atomic E-state index is 12.0. The number of hydrogen-bond donors (Lipinski definition) is 3. The van der Waals surface area contributed by atoms with Crippen LogP contribution in [0.25, 0.3) is 0 Å². The molecule has 8 aromatic carbocycles. The number of halogens is 1. The first kappa shape index (κ1) is 56.3. The third-order valence-electron chi connectivity index (χ3n) is 12.1. The number of benzene rings is 8. The molecule has 0 aliphatic rings. The van der Waals surface area contributed by atoms with E-state index in [4.69, 9.17) is 40.0 Å². The summed E-state index contributed by atoms with van der Waals surface area (Å²) in [6.07, 6.45) is -0.235. The molecule has 0 radical (unpaired) electrons. The number of ether oxygens (including phenoxy) is 6. The maximum Gasteiger partial charge on any atom is 0.412 e. The van der Waals surface area contributed by atoms with Gasteiger partial charge < -0.3 is 44.2 Å². The van der Waals surface area contributed by atoms with Gasteiger partial charge in [0.2, 0.25) is 0 Å². The Morgan fingerprint density at radius 3 is 1.09 bits per heavy atom. The lowest BCUT2D eigenvalue weighted by atomic mass is 9.80. The van der Waals surface area contributed by atoms with Crippen LogP contribution in [0.1, 0.15) is 46.2 Å². The van der Waals surface area contributed by atoms with Crippen LogP contribution in [-0.2, 0) is 10.5 Å². The summed E-state index contributed by atoms with van der Waals surface area (Å²) in [6, 6.07) is 59.7. The predicted molar refractivity (Wildman–Crippen MR) is 294 cm³/mol. The van der Waals surface area contributed by atoms with Gasteiger partial charge in [-0.2, -0.15) is 0 Å². The van der Waals surface area contributed by atoms with Crippen LogP contribution >= 0.6 is 11.6 Å². The lowest BCUT2D eigenvalue weighted by Gasteiger charge is -2.30. The Morgan fingerprint density at radius 1 is 0.449 bits per heavy atom. The van der Waals surface area contributed by atoms with E-state index in [1.54, 1.807) is 26.4 Å². The topological polar surface area (TPSA) is 220 Å². The Hall–Kier alpha value is -9.45. The zero-order valence-corrected chi connectivity index (χ0v) is 43.2. The smallest absolute Gasteiger partial charge is 0.412 e. The summed E-state index contributed by atoms with van der Waals surface area (Å²) in [5.74, 6) is 3.18. The second kappa shape index (κ2) is 27.4. The molecule has 0 spiro atoms. The fraction of sp³-hybridized carbons (Fsp3) is 0.167. The molecule has 2 amide bonds. The Bertz CT molecular complexity index is 2980. The molecule has 0 saturated carbocycles. The minimum absolute atomic E-state index is 0.0783. The number of nitrogens with one attached hydrogen (secondary N) is 2. The SMILES string of the molecule is COc1ccc(C(Cl)(c2ccccc2)c2ccc(OCCCNC(=O)Oc3ccc([N+](=O)[O-])cc3)cc2)cc1.COc1ccc(C(O)(c2ccccc2)c2ccc(OCCCNC(=O)Oc3ccc([N+](=O)[O-])cc3)cc2)cc1. The minimum Gasteiger partial charge on any atom is -0.497 e. The average Bonchev–Trinajstić information content (AvgIpc) is 3.54. The monoisotopic (exact) mass is 1070 g/mol. The summed E-state index contributed by atoms with van der Waals surface area (Å²) in [6.45, 7) is 1.37. The summed E-state index contributed by atoms with van der Waals surface area (Å²) in [4.78, 5) is 43.3. The van der Waals surface area contributed by atoms with E-state index in [0.29, 0.717) is 67.5 Å². The number of carbonyl (C=O) groups is 2. The molecule has 0 aliphatic heterocycles. The number of non-ortho nitro benzene ring substituents is 2. The third-order valence-corrected chi connectivity index (χ3v) is 12.8. The van der Waals surface area contributed by atoms with Crippen molar-refractivity contribution < 1.29 is 53.0 Å². The van der Waals surface area contributed by atoms with Crippen LogP contribution in [0.3, 0.4) is 0 Å². The van der Waals surface area contributed by atoms with Gasteiger partial charge in [0, 0.05) is 37.4 Å². The van der Waals surface area contributed by atoms with Crippen LogP contribution in [0.15, 0.2) is 206 Å². The first-order valence-electron chi connectivity index (χ1n) is 24.5. The van der Waals surface area contributed by atoms with E-state index >= 15 is 0 Å². The lowest BCUT2D eigenvalue weighted by molar-refractivity contribution is -0.385. The minimum atomic E-state index is -1.37. The van der Waals surface area contributed by atoms with Gasteiger partial charge in [-0.15, -0.1) is 11.6 Å². The van der Waals surface area contributed by atoms with Gasteiger partial charge in [-0.25, -0.2) is 9.59 Å². The van der Waals surface area contributed by atoms with Crippen LogP contribution in [0.2, 0.25) is 0 Å². The number of amides is 2. The summed E-state index contributed by atoms with van der Waals surface area (Å²) in [7, 11) is 3.23. The van der Waals surface area contributed by atoms with Crippen LogP contribution in [-0.4, -0.2) is 67.7 Å². The highest BCUT2D eigenvalue weighted by atomic mass is 35.5. The summed E-state index contributed by atoms with van der Waals surface area (Å²) in [5.41, 5.74) is 3.33. The first-order chi connectivity index (χ1) is 37.8.